The van der Waals surface area contributed by atoms with E-state index in [0.29, 0.717) is 6.54 Å². The minimum atomic E-state index is 0.192. The molecule has 0 bridgehead atoms. The van der Waals surface area contributed by atoms with Crippen molar-refractivity contribution in [3.05, 3.63) is 47.5 Å². The summed E-state index contributed by atoms with van der Waals surface area (Å²) in [5.41, 5.74) is 8.23. The quantitative estimate of drug-likeness (QED) is 0.906. The second kappa shape index (κ2) is 3.86. The van der Waals surface area contributed by atoms with Crippen molar-refractivity contribution in [2.45, 2.75) is 18.3 Å². The van der Waals surface area contributed by atoms with E-state index < -0.39 is 0 Å². The first-order valence-corrected chi connectivity index (χ1v) is 6.11. The fraction of sp³-hybridized carbons (Fsp3) is 0.308. The highest BCUT2D eigenvalue weighted by Crippen LogP contribution is 2.48. The van der Waals surface area contributed by atoms with Gasteiger partial charge in [0, 0.05) is 24.4 Å². The lowest BCUT2D eigenvalue weighted by Gasteiger charge is -2.14. The summed E-state index contributed by atoms with van der Waals surface area (Å²) in [5.74, 6) is 0. The summed E-state index contributed by atoms with van der Waals surface area (Å²) in [6.07, 6.45) is 7.72. The van der Waals surface area contributed by atoms with E-state index >= 15 is 0 Å². The largest absolute Gasteiger partial charge is 0.330 e. The molecule has 0 aliphatic heterocycles. The minimum Gasteiger partial charge on any atom is -0.330 e. The summed E-state index contributed by atoms with van der Waals surface area (Å²) in [6.45, 7) is 0.702. The van der Waals surface area contributed by atoms with Crippen LogP contribution < -0.4 is 5.73 Å². The van der Waals surface area contributed by atoms with E-state index in [4.69, 9.17) is 17.3 Å². The molecule has 1 aliphatic rings. The number of benzene rings is 1. The lowest BCUT2D eigenvalue weighted by atomic mass is 9.96. The van der Waals surface area contributed by atoms with Gasteiger partial charge in [-0.15, -0.1) is 0 Å². The zero-order valence-electron chi connectivity index (χ0n) is 9.44. The summed E-state index contributed by atoms with van der Waals surface area (Å²) < 4.78 is 1.91. The average Bonchev–Trinajstić information content (AvgIpc) is 2.97. The molecule has 1 aromatic carbocycles. The zero-order chi connectivity index (χ0) is 11.9. The van der Waals surface area contributed by atoms with Crippen molar-refractivity contribution in [1.29, 1.82) is 0 Å². The number of aromatic nitrogens is 2. The number of nitrogens with zero attached hydrogens (tertiary/aromatic N) is 2. The first-order chi connectivity index (χ1) is 8.25. The highest BCUT2D eigenvalue weighted by atomic mass is 35.5. The molecule has 4 heteroatoms. The first-order valence-electron chi connectivity index (χ1n) is 5.74. The van der Waals surface area contributed by atoms with Crippen LogP contribution in [-0.2, 0) is 5.41 Å². The van der Waals surface area contributed by atoms with Crippen molar-refractivity contribution in [3.8, 4) is 5.69 Å². The van der Waals surface area contributed by atoms with Crippen molar-refractivity contribution >= 4 is 11.6 Å². The molecule has 1 saturated carbocycles. The van der Waals surface area contributed by atoms with Gasteiger partial charge in [-0.1, -0.05) is 17.7 Å². The highest BCUT2D eigenvalue weighted by Gasteiger charge is 2.42. The van der Waals surface area contributed by atoms with Gasteiger partial charge in [-0.25, -0.2) is 4.98 Å². The van der Waals surface area contributed by atoms with E-state index in [9.17, 15) is 0 Å². The zero-order valence-corrected chi connectivity index (χ0v) is 10.2. The molecule has 0 radical (unpaired) electrons. The molecule has 0 atom stereocenters. The fourth-order valence-electron chi connectivity index (χ4n) is 2.21. The minimum absolute atomic E-state index is 0.192. The van der Waals surface area contributed by atoms with Crippen molar-refractivity contribution < 1.29 is 0 Å². The molecule has 3 nitrogen and oxygen atoms in total. The third-order valence-corrected chi connectivity index (χ3v) is 3.89. The molecule has 88 valence electrons. The Kier molecular flexibility index (Phi) is 2.45. The van der Waals surface area contributed by atoms with Crippen LogP contribution in [0.4, 0.5) is 0 Å². The molecule has 2 aromatic rings. The van der Waals surface area contributed by atoms with Gasteiger partial charge < -0.3 is 10.3 Å². The van der Waals surface area contributed by atoms with Gasteiger partial charge in [-0.2, -0.15) is 0 Å². The molecule has 2 N–H and O–H groups in total. The Morgan fingerprint density at radius 2 is 2.24 bits per heavy atom. The number of imidazole rings is 1. The topological polar surface area (TPSA) is 43.8 Å². The fourth-order valence-corrected chi connectivity index (χ4v) is 2.49. The highest BCUT2D eigenvalue weighted by molar-refractivity contribution is 6.32. The summed E-state index contributed by atoms with van der Waals surface area (Å²) in [5, 5.41) is 0.750. The van der Waals surface area contributed by atoms with Crippen LogP contribution in [0.2, 0.25) is 5.02 Å². The van der Waals surface area contributed by atoms with Crippen molar-refractivity contribution in [2.24, 2.45) is 5.73 Å². The number of hydrogen-bond donors (Lipinski definition) is 1. The van der Waals surface area contributed by atoms with Crippen LogP contribution in [0.25, 0.3) is 5.69 Å². The molecule has 1 aliphatic carbocycles. The van der Waals surface area contributed by atoms with Crippen molar-refractivity contribution in [3.63, 3.8) is 0 Å². The van der Waals surface area contributed by atoms with E-state index in [1.807, 2.05) is 22.9 Å². The number of hydrogen-bond acceptors (Lipinski definition) is 2. The standard InChI is InChI=1S/C13H14ClN3/c14-11-7-10(13(8-15)3-4-13)1-2-12(11)17-6-5-16-9-17/h1-2,5-7,9H,3-4,8,15H2. The van der Waals surface area contributed by atoms with Crippen LogP contribution in [-0.4, -0.2) is 16.1 Å². The maximum Gasteiger partial charge on any atom is 0.0992 e. The molecule has 1 fully saturated rings. The lowest BCUT2D eigenvalue weighted by Crippen LogP contribution is -2.19. The smallest absolute Gasteiger partial charge is 0.0992 e. The summed E-state index contributed by atoms with van der Waals surface area (Å²) in [6, 6.07) is 6.20. The van der Waals surface area contributed by atoms with Gasteiger partial charge in [-0.3, -0.25) is 0 Å². The molecule has 1 heterocycles. The summed E-state index contributed by atoms with van der Waals surface area (Å²) >= 11 is 6.32. The summed E-state index contributed by atoms with van der Waals surface area (Å²) in [7, 11) is 0. The molecule has 3 rings (SSSR count). The average molecular weight is 248 g/mol. The molecule has 0 saturated heterocycles. The van der Waals surface area contributed by atoms with Crippen LogP contribution in [0.5, 0.6) is 0 Å². The Morgan fingerprint density at radius 3 is 2.76 bits per heavy atom. The van der Waals surface area contributed by atoms with Gasteiger partial charge in [0.15, 0.2) is 0 Å². The van der Waals surface area contributed by atoms with Crippen molar-refractivity contribution in [1.82, 2.24) is 9.55 Å². The van der Waals surface area contributed by atoms with Gasteiger partial charge in [0.1, 0.15) is 0 Å². The Labute approximate surface area is 105 Å². The van der Waals surface area contributed by atoms with Gasteiger partial charge in [0.25, 0.3) is 0 Å². The van der Waals surface area contributed by atoms with E-state index in [1.54, 1.807) is 12.5 Å². The van der Waals surface area contributed by atoms with Gasteiger partial charge in [-0.05, 0) is 30.5 Å². The SMILES string of the molecule is NCC1(c2ccc(-n3ccnc3)c(Cl)c2)CC1. The predicted octanol–water partition coefficient (Wildman–Crippen LogP) is 2.52. The Bertz CT molecular complexity index is 530. The van der Waals surface area contributed by atoms with Gasteiger partial charge in [0.05, 0.1) is 17.0 Å². The second-order valence-corrected chi connectivity index (χ2v) is 5.03. The molecular formula is C13H14ClN3. The Morgan fingerprint density at radius 1 is 1.41 bits per heavy atom. The molecule has 0 unspecified atom stereocenters. The number of rotatable bonds is 3. The number of nitrogens with two attached hydrogens (primary N) is 1. The molecule has 17 heavy (non-hydrogen) atoms. The second-order valence-electron chi connectivity index (χ2n) is 4.62. The lowest BCUT2D eigenvalue weighted by molar-refractivity contribution is 0.704. The van der Waals surface area contributed by atoms with Crippen LogP contribution >= 0.6 is 11.6 Å². The monoisotopic (exact) mass is 247 g/mol. The third-order valence-electron chi connectivity index (χ3n) is 3.59. The Balaban J connectivity index is 2.00. The van der Waals surface area contributed by atoms with Crippen LogP contribution in [0.15, 0.2) is 36.9 Å². The Hall–Kier alpha value is -1.32. The third kappa shape index (κ3) is 1.75. The van der Waals surface area contributed by atoms with E-state index in [1.165, 1.54) is 18.4 Å². The summed E-state index contributed by atoms with van der Waals surface area (Å²) in [4.78, 5) is 4.02. The van der Waals surface area contributed by atoms with Gasteiger partial charge >= 0.3 is 0 Å². The van der Waals surface area contributed by atoms with E-state index in [2.05, 4.69) is 11.1 Å². The first kappa shape index (κ1) is 10.8. The molecule has 0 spiro atoms. The van der Waals surface area contributed by atoms with Crippen molar-refractivity contribution in [2.75, 3.05) is 6.54 Å². The molecule has 0 amide bonds. The number of halogens is 1. The van der Waals surface area contributed by atoms with Crippen LogP contribution in [0.1, 0.15) is 18.4 Å². The maximum atomic E-state index is 6.32. The van der Waals surface area contributed by atoms with E-state index in [-0.39, 0.29) is 5.41 Å². The maximum absolute atomic E-state index is 6.32. The van der Waals surface area contributed by atoms with E-state index in [0.717, 1.165) is 10.7 Å². The van der Waals surface area contributed by atoms with Crippen LogP contribution in [0.3, 0.4) is 0 Å². The predicted molar refractivity (Wildman–Crippen MR) is 68.5 cm³/mol. The van der Waals surface area contributed by atoms with Crippen LogP contribution in [0, 0.1) is 0 Å². The molecule has 1 aromatic heterocycles. The molecular weight excluding hydrogens is 234 g/mol. The van der Waals surface area contributed by atoms with Gasteiger partial charge in [0.2, 0.25) is 0 Å². The normalized spacial score (nSPS) is 17.1.